The van der Waals surface area contributed by atoms with Crippen molar-refractivity contribution < 1.29 is 9.53 Å². The highest BCUT2D eigenvalue weighted by Gasteiger charge is 2.67. The van der Waals surface area contributed by atoms with Gasteiger partial charge in [0.05, 0.1) is 0 Å². The van der Waals surface area contributed by atoms with Crippen molar-refractivity contribution in [2.75, 3.05) is 0 Å². The molecule has 0 N–H and O–H groups in total. The molecule has 2 nitrogen and oxygen atoms in total. The van der Waals surface area contributed by atoms with Crippen LogP contribution in [0.15, 0.2) is 11.1 Å². The number of esters is 1. The summed E-state index contributed by atoms with van der Waals surface area (Å²) in [4.78, 5) is 13.3. The highest BCUT2D eigenvalue weighted by Crippen LogP contribution is 2.75. The highest BCUT2D eigenvalue weighted by atomic mass is 16.5. The zero-order valence-corrected chi connectivity index (χ0v) is 42.2. The van der Waals surface area contributed by atoms with E-state index in [9.17, 15) is 4.79 Å². The number of hydrogen-bond acceptors (Lipinski definition) is 2. The average molecular weight is 833 g/mol. The molecule has 5 rings (SSSR count). The summed E-state index contributed by atoms with van der Waals surface area (Å²) in [6.45, 7) is 23.1. The summed E-state index contributed by atoms with van der Waals surface area (Å²) in [5, 5.41) is 0. The Labute approximate surface area is 375 Å². The number of carbonyl (C=O) groups excluding carboxylic acids is 1. The SMILES string of the molecule is CCCCCCCCCCCCCCCCCCCCCCCCCCCC(=O)O[C@H]1CC[C@]2(C)[C@H]3CCC4=C5CC(C)(C)CC[C@]5(C)CC[C@@]4(C)[C@]3(C)CC[C@H]2C1(C)C. The van der Waals surface area contributed by atoms with Crippen LogP contribution in [0.2, 0.25) is 0 Å². The molecule has 0 aromatic carbocycles. The molecule has 60 heavy (non-hydrogen) atoms. The largest absolute Gasteiger partial charge is 0.462 e. The fraction of sp³-hybridized carbons (Fsp3) is 0.948. The number of rotatable bonds is 27. The predicted molar refractivity (Wildman–Crippen MR) is 260 cm³/mol. The van der Waals surface area contributed by atoms with Crippen molar-refractivity contribution in [1.29, 1.82) is 0 Å². The quantitative estimate of drug-likeness (QED) is 0.0468. The summed E-state index contributed by atoms with van der Waals surface area (Å²) < 4.78 is 6.47. The summed E-state index contributed by atoms with van der Waals surface area (Å²) >= 11 is 0. The van der Waals surface area contributed by atoms with E-state index in [2.05, 4.69) is 62.3 Å². The first-order chi connectivity index (χ1) is 28.6. The summed E-state index contributed by atoms with van der Waals surface area (Å²) in [6, 6.07) is 0. The number of fused-ring (bicyclic) bond motifs is 6. The van der Waals surface area contributed by atoms with Gasteiger partial charge in [0.1, 0.15) is 6.10 Å². The van der Waals surface area contributed by atoms with Gasteiger partial charge in [-0.05, 0) is 116 Å². The molecule has 0 spiro atoms. The van der Waals surface area contributed by atoms with Gasteiger partial charge in [-0.2, -0.15) is 0 Å². The number of carbonyl (C=O) groups is 1. The predicted octanol–water partition coefficient (Wildman–Crippen LogP) is 19.0. The minimum Gasteiger partial charge on any atom is -0.462 e. The van der Waals surface area contributed by atoms with Crippen LogP contribution in [0.25, 0.3) is 0 Å². The van der Waals surface area contributed by atoms with Gasteiger partial charge in [0.2, 0.25) is 0 Å². The van der Waals surface area contributed by atoms with Gasteiger partial charge in [0, 0.05) is 11.8 Å². The minimum absolute atomic E-state index is 0.0358. The molecule has 7 atom stereocenters. The zero-order chi connectivity index (χ0) is 43.3. The Kier molecular flexibility index (Phi) is 19.2. The van der Waals surface area contributed by atoms with Crippen LogP contribution in [-0.2, 0) is 9.53 Å². The normalized spacial score (nSPS) is 33.1. The molecule has 2 heteroatoms. The lowest BCUT2D eigenvalue weighted by Gasteiger charge is -2.71. The van der Waals surface area contributed by atoms with E-state index in [1.165, 1.54) is 218 Å². The Morgan fingerprint density at radius 3 is 1.47 bits per heavy atom. The summed E-state index contributed by atoms with van der Waals surface area (Å²) in [5.41, 5.74) is 5.79. The van der Waals surface area contributed by atoms with Crippen LogP contribution < -0.4 is 0 Å². The van der Waals surface area contributed by atoms with Crippen molar-refractivity contribution >= 4 is 5.97 Å². The minimum atomic E-state index is 0.0358. The Morgan fingerprint density at radius 1 is 0.500 bits per heavy atom. The first kappa shape index (κ1) is 50.2. The Balaban J connectivity index is 0.896. The Morgan fingerprint density at radius 2 is 0.967 bits per heavy atom. The lowest BCUT2D eigenvalue weighted by molar-refractivity contribution is -0.214. The fourth-order valence-electron chi connectivity index (χ4n) is 15.3. The van der Waals surface area contributed by atoms with E-state index in [0.717, 1.165) is 18.8 Å². The molecule has 348 valence electrons. The first-order valence-corrected chi connectivity index (χ1v) is 27.6. The summed E-state index contributed by atoms with van der Waals surface area (Å²) in [5.74, 6) is 1.47. The van der Waals surface area contributed by atoms with Crippen LogP contribution in [-0.4, -0.2) is 12.1 Å². The van der Waals surface area contributed by atoms with E-state index in [1.807, 2.05) is 11.1 Å². The molecule has 0 aromatic rings. The molecular formula is C58H104O2. The second kappa shape index (κ2) is 22.9. The molecule has 0 heterocycles. The second-order valence-electron chi connectivity index (χ2n) is 24.9. The molecular weight excluding hydrogens is 729 g/mol. The van der Waals surface area contributed by atoms with Crippen molar-refractivity contribution in [2.24, 2.45) is 44.3 Å². The molecule has 0 aromatic heterocycles. The molecule has 0 saturated heterocycles. The molecule has 0 bridgehead atoms. The molecule has 0 radical (unpaired) electrons. The third-order valence-corrected chi connectivity index (χ3v) is 19.6. The van der Waals surface area contributed by atoms with E-state index in [-0.39, 0.29) is 17.5 Å². The Bertz CT molecular complexity index is 1320. The standard InChI is InChI=1S/C58H104O2/c1-10-11-12-13-14-15-16-17-18-19-20-21-22-23-24-25-26-27-28-29-30-31-32-33-34-35-52(59)60-51-39-40-56(7)49(54(51,4)5)38-41-58(9)50(56)37-36-47-48-46-53(2,3)42-43-55(48,6)44-45-57(47,58)8/h49-51H,10-46H2,1-9H3/t49-,50+,51-,55+,56-,57+,58+/m0/s1. The van der Waals surface area contributed by atoms with Gasteiger partial charge in [-0.1, -0.05) is 228 Å². The van der Waals surface area contributed by atoms with Gasteiger partial charge in [-0.3, -0.25) is 4.79 Å². The number of allylic oxidation sites excluding steroid dienone is 2. The maximum atomic E-state index is 13.3. The van der Waals surface area contributed by atoms with Crippen LogP contribution in [0, 0.1) is 44.3 Å². The highest BCUT2D eigenvalue weighted by molar-refractivity contribution is 5.69. The lowest BCUT2D eigenvalue weighted by atomic mass is 9.34. The monoisotopic (exact) mass is 833 g/mol. The van der Waals surface area contributed by atoms with Crippen molar-refractivity contribution in [3.8, 4) is 0 Å². The van der Waals surface area contributed by atoms with Crippen molar-refractivity contribution in [3.05, 3.63) is 11.1 Å². The van der Waals surface area contributed by atoms with Crippen molar-refractivity contribution in [3.63, 3.8) is 0 Å². The maximum Gasteiger partial charge on any atom is 0.306 e. The number of hydrogen-bond donors (Lipinski definition) is 0. The topological polar surface area (TPSA) is 26.3 Å². The van der Waals surface area contributed by atoms with Gasteiger partial charge in [0.15, 0.2) is 0 Å². The van der Waals surface area contributed by atoms with Gasteiger partial charge in [-0.25, -0.2) is 0 Å². The van der Waals surface area contributed by atoms with E-state index < -0.39 is 0 Å². The van der Waals surface area contributed by atoms with E-state index >= 15 is 0 Å². The van der Waals surface area contributed by atoms with Gasteiger partial charge >= 0.3 is 5.97 Å². The van der Waals surface area contributed by atoms with Crippen molar-refractivity contribution in [2.45, 2.75) is 306 Å². The first-order valence-electron chi connectivity index (χ1n) is 27.6. The average Bonchev–Trinajstić information content (AvgIpc) is 3.20. The molecule has 5 aliphatic rings. The van der Waals surface area contributed by atoms with Crippen molar-refractivity contribution in [1.82, 2.24) is 0 Å². The summed E-state index contributed by atoms with van der Waals surface area (Å²) in [7, 11) is 0. The third-order valence-electron chi connectivity index (χ3n) is 19.6. The second-order valence-corrected chi connectivity index (χ2v) is 24.9. The van der Waals surface area contributed by atoms with E-state index in [1.54, 1.807) is 0 Å². The van der Waals surface area contributed by atoms with Gasteiger partial charge in [-0.15, -0.1) is 0 Å². The van der Waals surface area contributed by atoms with Crippen LogP contribution in [0.1, 0.15) is 300 Å². The van der Waals surface area contributed by atoms with E-state index in [4.69, 9.17) is 4.74 Å². The smallest absolute Gasteiger partial charge is 0.306 e. The molecule has 0 amide bonds. The molecule has 4 fully saturated rings. The molecule has 4 saturated carbocycles. The maximum absolute atomic E-state index is 13.3. The van der Waals surface area contributed by atoms with Crippen LogP contribution in [0.3, 0.4) is 0 Å². The lowest BCUT2D eigenvalue weighted by Crippen LogP contribution is -2.64. The Hall–Kier alpha value is -0.790. The number of unbranched alkanes of at least 4 members (excludes halogenated alkanes) is 24. The van der Waals surface area contributed by atoms with Crippen LogP contribution >= 0.6 is 0 Å². The molecule has 0 aliphatic heterocycles. The van der Waals surface area contributed by atoms with Crippen LogP contribution in [0.4, 0.5) is 0 Å². The van der Waals surface area contributed by atoms with E-state index in [0.29, 0.717) is 39.4 Å². The molecule has 5 aliphatic carbocycles. The molecule has 0 unspecified atom stereocenters. The van der Waals surface area contributed by atoms with Crippen LogP contribution in [0.5, 0.6) is 0 Å². The summed E-state index contributed by atoms with van der Waals surface area (Å²) in [6.07, 6.45) is 50.3. The number of ether oxygens (including phenoxy) is 1. The van der Waals surface area contributed by atoms with Gasteiger partial charge < -0.3 is 4.74 Å². The zero-order valence-electron chi connectivity index (χ0n) is 42.2. The van der Waals surface area contributed by atoms with Gasteiger partial charge in [0.25, 0.3) is 0 Å². The third kappa shape index (κ3) is 12.3. The fourth-order valence-corrected chi connectivity index (χ4v) is 15.3.